The molecule has 1 unspecified atom stereocenters. The number of benzene rings is 2. The highest BCUT2D eigenvalue weighted by atomic mass is 32.2. The highest BCUT2D eigenvalue weighted by molar-refractivity contribution is 8.01. The maximum atomic E-state index is 13.7. The van der Waals surface area contributed by atoms with Crippen LogP contribution in [0.25, 0.3) is 0 Å². The van der Waals surface area contributed by atoms with Crippen LogP contribution in [0.15, 0.2) is 75.5 Å². The molecule has 2 aliphatic rings. The summed E-state index contributed by atoms with van der Waals surface area (Å²) in [5, 5.41) is 22.4. The normalized spacial score (nSPS) is 18.1. The summed E-state index contributed by atoms with van der Waals surface area (Å²) in [6, 6.07) is 18.1. The van der Waals surface area contributed by atoms with Gasteiger partial charge in [-0.3, -0.25) is 14.5 Å². The first-order valence-electron chi connectivity index (χ1n) is 14.0. The molecule has 8 nitrogen and oxygen atoms in total. The van der Waals surface area contributed by atoms with E-state index in [1.54, 1.807) is 4.90 Å². The SMILES string of the molecule is CCc1ccc(NC(=O)CSc2nnc(N3C(N)=C(C#N)C(c4ccc(CC)cc4)C4=C3CC(C)(C)CC4=O)s2)cc1. The third kappa shape index (κ3) is 5.98. The molecule has 1 atom stereocenters. The minimum Gasteiger partial charge on any atom is -0.384 e. The van der Waals surface area contributed by atoms with Gasteiger partial charge in [0.2, 0.25) is 11.0 Å². The summed E-state index contributed by atoms with van der Waals surface area (Å²) in [7, 11) is 0. The minimum absolute atomic E-state index is 0.0128. The number of aryl methyl sites for hydroxylation is 2. The van der Waals surface area contributed by atoms with Gasteiger partial charge in [-0.05, 0) is 53.5 Å². The van der Waals surface area contributed by atoms with Crippen LogP contribution >= 0.6 is 23.1 Å². The first-order chi connectivity index (χ1) is 20.1. The number of Topliss-reactive ketones (excluding diaryl/α,β-unsaturated/α-hetero) is 1. The lowest BCUT2D eigenvalue weighted by molar-refractivity contribution is -0.118. The van der Waals surface area contributed by atoms with Gasteiger partial charge in [0.05, 0.1) is 23.3 Å². The van der Waals surface area contributed by atoms with Crippen LogP contribution in [0, 0.1) is 16.7 Å². The summed E-state index contributed by atoms with van der Waals surface area (Å²) in [4.78, 5) is 28.1. The third-order valence-electron chi connectivity index (χ3n) is 7.66. The summed E-state index contributed by atoms with van der Waals surface area (Å²) in [5.74, 6) is -0.251. The van der Waals surface area contributed by atoms with E-state index < -0.39 is 5.92 Å². The Morgan fingerprint density at radius 2 is 1.74 bits per heavy atom. The summed E-state index contributed by atoms with van der Waals surface area (Å²) in [5.41, 5.74) is 12.1. The molecule has 5 rings (SSSR count). The van der Waals surface area contributed by atoms with Gasteiger partial charge in [0.25, 0.3) is 0 Å². The summed E-state index contributed by atoms with van der Waals surface area (Å²) in [6.07, 6.45) is 2.81. The number of hydrogen-bond acceptors (Lipinski definition) is 9. The molecule has 2 heterocycles. The monoisotopic (exact) mass is 598 g/mol. The molecule has 1 aliphatic heterocycles. The highest BCUT2D eigenvalue weighted by Gasteiger charge is 2.45. The van der Waals surface area contributed by atoms with Crippen LogP contribution in [-0.2, 0) is 22.4 Å². The Kier molecular flexibility index (Phi) is 8.53. The molecule has 0 spiro atoms. The molecule has 3 N–H and O–H groups in total. The molecular weight excluding hydrogens is 565 g/mol. The number of anilines is 2. The molecule has 42 heavy (non-hydrogen) atoms. The quantitative estimate of drug-likeness (QED) is 0.288. The van der Waals surface area contributed by atoms with Crippen molar-refractivity contribution in [2.24, 2.45) is 11.1 Å². The lowest BCUT2D eigenvalue weighted by atomic mass is 9.68. The van der Waals surface area contributed by atoms with Crippen LogP contribution in [-0.4, -0.2) is 27.6 Å². The number of nitrogens with two attached hydrogens (primary N) is 1. The summed E-state index contributed by atoms with van der Waals surface area (Å²) in [6.45, 7) is 8.30. The topological polar surface area (TPSA) is 125 Å². The van der Waals surface area contributed by atoms with Crippen LogP contribution in [0.2, 0.25) is 0 Å². The first-order valence-corrected chi connectivity index (χ1v) is 15.8. The Balaban J connectivity index is 1.43. The molecule has 3 aromatic rings. The molecule has 0 fully saturated rings. The van der Waals surface area contributed by atoms with Gasteiger partial charge in [-0.15, -0.1) is 10.2 Å². The zero-order valence-corrected chi connectivity index (χ0v) is 25.9. The molecule has 1 amide bonds. The van der Waals surface area contributed by atoms with E-state index >= 15 is 0 Å². The van der Waals surface area contributed by atoms with Crippen LogP contribution in [0.4, 0.5) is 10.8 Å². The maximum absolute atomic E-state index is 13.7. The number of thioether (sulfide) groups is 1. The number of nitriles is 1. The van der Waals surface area contributed by atoms with E-state index in [1.807, 2.05) is 48.5 Å². The Labute approximate surface area is 254 Å². The molecular formula is C32H34N6O2S2. The second-order valence-corrected chi connectivity index (χ2v) is 13.5. The lowest BCUT2D eigenvalue weighted by Gasteiger charge is -2.42. The lowest BCUT2D eigenvalue weighted by Crippen LogP contribution is -2.42. The van der Waals surface area contributed by atoms with Crippen molar-refractivity contribution < 1.29 is 9.59 Å². The molecule has 1 aromatic heterocycles. The zero-order valence-electron chi connectivity index (χ0n) is 24.2. The van der Waals surface area contributed by atoms with Gasteiger partial charge < -0.3 is 11.1 Å². The van der Waals surface area contributed by atoms with E-state index in [1.165, 1.54) is 34.2 Å². The van der Waals surface area contributed by atoms with Crippen LogP contribution < -0.4 is 16.0 Å². The van der Waals surface area contributed by atoms with Crippen molar-refractivity contribution in [2.75, 3.05) is 16.0 Å². The average molecular weight is 599 g/mol. The highest BCUT2D eigenvalue weighted by Crippen LogP contribution is 2.50. The number of amides is 1. The fourth-order valence-corrected chi connectivity index (χ4v) is 7.19. The number of rotatable bonds is 8. The van der Waals surface area contributed by atoms with Crippen LogP contribution in [0.3, 0.4) is 0 Å². The minimum atomic E-state index is -0.535. The predicted octanol–water partition coefficient (Wildman–Crippen LogP) is 6.33. The molecule has 0 bridgehead atoms. The van der Waals surface area contributed by atoms with E-state index in [0.29, 0.717) is 33.5 Å². The molecule has 0 radical (unpaired) electrons. The first kappa shape index (κ1) is 29.5. The molecule has 2 aromatic carbocycles. The third-order valence-corrected chi connectivity index (χ3v) is 9.70. The van der Waals surface area contributed by atoms with Crippen molar-refractivity contribution in [1.82, 2.24) is 10.2 Å². The number of carbonyl (C=O) groups is 2. The number of nitrogens with zero attached hydrogens (tertiary/aromatic N) is 4. The van der Waals surface area contributed by atoms with Crippen molar-refractivity contribution in [3.63, 3.8) is 0 Å². The van der Waals surface area contributed by atoms with Crippen molar-refractivity contribution in [2.45, 2.75) is 63.6 Å². The average Bonchev–Trinajstić information content (AvgIpc) is 3.44. The standard InChI is InChI=1S/C32H34N6O2S2/c1-5-19-7-11-21(12-8-19)27-23(17-33)29(34)38(24-15-32(3,4)16-25(39)28(24)27)30-36-37-31(42-30)41-18-26(40)35-22-13-9-20(6-2)10-14-22/h7-14,27H,5-6,15-16,18,34H2,1-4H3,(H,35,40). The van der Waals surface area contributed by atoms with Crippen molar-refractivity contribution in [3.05, 3.63) is 87.9 Å². The van der Waals surface area contributed by atoms with E-state index in [9.17, 15) is 14.9 Å². The van der Waals surface area contributed by atoms with Gasteiger partial charge >= 0.3 is 0 Å². The van der Waals surface area contributed by atoms with Gasteiger partial charge in [0.1, 0.15) is 5.82 Å². The van der Waals surface area contributed by atoms with Crippen LogP contribution in [0.1, 0.15) is 63.1 Å². The fraction of sp³-hybridized carbons (Fsp3) is 0.344. The number of hydrogen-bond donors (Lipinski definition) is 2. The Morgan fingerprint density at radius 3 is 2.36 bits per heavy atom. The number of nitrogens with one attached hydrogen (secondary N) is 1. The van der Waals surface area contributed by atoms with Gasteiger partial charge in [-0.25, -0.2) is 0 Å². The number of carbonyl (C=O) groups excluding carboxylic acids is 2. The Bertz CT molecular complexity index is 1610. The van der Waals surface area contributed by atoms with E-state index in [0.717, 1.165) is 29.8 Å². The predicted molar refractivity (Wildman–Crippen MR) is 168 cm³/mol. The summed E-state index contributed by atoms with van der Waals surface area (Å²) >= 11 is 2.57. The van der Waals surface area contributed by atoms with Crippen molar-refractivity contribution in [3.8, 4) is 6.07 Å². The second-order valence-electron chi connectivity index (χ2n) is 11.3. The molecule has 10 heteroatoms. The van der Waals surface area contributed by atoms with Gasteiger partial charge in [0.15, 0.2) is 10.1 Å². The van der Waals surface area contributed by atoms with Crippen molar-refractivity contribution >= 4 is 45.6 Å². The maximum Gasteiger partial charge on any atom is 0.234 e. The molecule has 0 saturated heterocycles. The fourth-order valence-electron chi connectivity index (χ4n) is 5.51. The number of aromatic nitrogens is 2. The number of ketones is 1. The number of allylic oxidation sites excluding steroid dienone is 3. The van der Waals surface area contributed by atoms with E-state index in [-0.39, 0.29) is 28.7 Å². The van der Waals surface area contributed by atoms with E-state index in [2.05, 4.69) is 49.3 Å². The van der Waals surface area contributed by atoms with Gasteiger partial charge in [-0.1, -0.05) is 87.2 Å². The Morgan fingerprint density at radius 1 is 1.10 bits per heavy atom. The molecule has 216 valence electrons. The summed E-state index contributed by atoms with van der Waals surface area (Å²) < 4.78 is 0.591. The second kappa shape index (κ2) is 12.1. The smallest absolute Gasteiger partial charge is 0.234 e. The van der Waals surface area contributed by atoms with Crippen LogP contribution in [0.5, 0.6) is 0 Å². The van der Waals surface area contributed by atoms with E-state index in [4.69, 9.17) is 5.73 Å². The largest absolute Gasteiger partial charge is 0.384 e. The van der Waals surface area contributed by atoms with Crippen molar-refractivity contribution in [1.29, 1.82) is 5.26 Å². The molecule has 1 aliphatic carbocycles. The van der Waals surface area contributed by atoms with Gasteiger partial charge in [-0.2, -0.15) is 5.26 Å². The molecule has 0 saturated carbocycles. The Hall–Kier alpha value is -3.94. The zero-order chi connectivity index (χ0) is 30.0. The van der Waals surface area contributed by atoms with Gasteiger partial charge in [0, 0.05) is 23.4 Å².